The predicted octanol–water partition coefficient (Wildman–Crippen LogP) is 6.00. The van der Waals surface area contributed by atoms with Gasteiger partial charge in [0.15, 0.2) is 0 Å². The molecule has 47 heavy (non-hydrogen) atoms. The molecule has 10 nitrogen and oxygen atoms in total. The van der Waals surface area contributed by atoms with Gasteiger partial charge in [-0.25, -0.2) is 4.79 Å². The molecule has 0 fully saturated rings. The SMILES string of the molecule is CCOC(=O)/C=C/c1c(OC)cc2c(c1OC)CCN(CC(O)(c1cn(Cc3ccccc3)c3cc([N+](=O)[O-])ccc13)C(F)(F)F)C2. The summed E-state index contributed by atoms with van der Waals surface area (Å²) in [6, 6.07) is 14.3. The molecule has 0 saturated carbocycles. The molecule has 5 rings (SSSR count). The zero-order valence-corrected chi connectivity index (χ0v) is 26.0. The van der Waals surface area contributed by atoms with E-state index in [0.717, 1.165) is 17.2 Å². The lowest BCUT2D eigenvalue weighted by atomic mass is 9.89. The first-order valence-corrected chi connectivity index (χ1v) is 14.8. The summed E-state index contributed by atoms with van der Waals surface area (Å²) in [5.41, 5.74) is -1.15. The number of alkyl halides is 3. The third kappa shape index (κ3) is 6.67. The zero-order valence-electron chi connectivity index (χ0n) is 26.0. The molecule has 0 amide bonds. The van der Waals surface area contributed by atoms with E-state index in [4.69, 9.17) is 14.2 Å². The molecule has 1 unspecified atom stereocenters. The first-order chi connectivity index (χ1) is 22.4. The Balaban J connectivity index is 1.54. The average Bonchev–Trinajstić information content (AvgIpc) is 3.40. The van der Waals surface area contributed by atoms with E-state index in [1.54, 1.807) is 43.3 Å². The fourth-order valence-electron chi connectivity index (χ4n) is 6.07. The number of β-amino-alcohol motifs (C(OH)–C–C–N with tert-alkyl or cyclic N) is 1. The number of carbonyl (C=O) groups is 1. The largest absolute Gasteiger partial charge is 0.496 e. The lowest BCUT2D eigenvalue weighted by Gasteiger charge is -2.38. The van der Waals surface area contributed by atoms with Crippen LogP contribution in [-0.2, 0) is 34.6 Å². The van der Waals surface area contributed by atoms with E-state index in [1.165, 1.54) is 54.2 Å². The van der Waals surface area contributed by atoms with Crippen molar-refractivity contribution >= 4 is 28.6 Å². The van der Waals surface area contributed by atoms with E-state index >= 15 is 13.2 Å². The van der Waals surface area contributed by atoms with Crippen LogP contribution in [0.1, 0.15) is 34.7 Å². The summed E-state index contributed by atoms with van der Waals surface area (Å²) in [7, 11) is 2.89. The fraction of sp³-hybridized carbons (Fsp3) is 0.324. The molecule has 2 heterocycles. The van der Waals surface area contributed by atoms with Crippen molar-refractivity contribution in [2.24, 2.45) is 0 Å². The summed E-state index contributed by atoms with van der Waals surface area (Å²) >= 11 is 0. The Morgan fingerprint density at radius 3 is 2.49 bits per heavy atom. The second-order valence-corrected chi connectivity index (χ2v) is 11.2. The maximum absolute atomic E-state index is 15.0. The van der Waals surface area contributed by atoms with Gasteiger partial charge in [-0.1, -0.05) is 30.3 Å². The molecule has 0 saturated heterocycles. The van der Waals surface area contributed by atoms with E-state index in [9.17, 15) is 20.0 Å². The number of carbonyl (C=O) groups excluding carboxylic acids is 1. The van der Waals surface area contributed by atoms with Gasteiger partial charge in [-0.2, -0.15) is 13.2 Å². The number of ether oxygens (including phenoxy) is 3. The molecular formula is C34H34F3N3O7. The summed E-state index contributed by atoms with van der Waals surface area (Å²) in [5, 5.41) is 23.3. The third-order valence-corrected chi connectivity index (χ3v) is 8.29. The van der Waals surface area contributed by atoms with Crippen molar-refractivity contribution in [1.82, 2.24) is 9.47 Å². The Kier molecular flexibility index (Phi) is 9.59. The summed E-state index contributed by atoms with van der Waals surface area (Å²) in [4.78, 5) is 24.4. The Hall–Kier alpha value is -4.88. The van der Waals surface area contributed by atoms with E-state index in [1.807, 2.05) is 0 Å². The second kappa shape index (κ2) is 13.5. The molecule has 4 aromatic rings. The van der Waals surface area contributed by atoms with Crippen LogP contribution >= 0.6 is 0 Å². The van der Waals surface area contributed by atoms with Gasteiger partial charge < -0.3 is 23.9 Å². The number of nitro groups is 1. The van der Waals surface area contributed by atoms with Gasteiger partial charge >= 0.3 is 12.1 Å². The first-order valence-electron chi connectivity index (χ1n) is 14.8. The number of methoxy groups -OCH3 is 2. The van der Waals surface area contributed by atoms with E-state index in [2.05, 4.69) is 0 Å². The lowest BCUT2D eigenvalue weighted by molar-refractivity contribution is -0.384. The normalized spacial score (nSPS) is 15.0. The van der Waals surface area contributed by atoms with E-state index in [0.29, 0.717) is 29.0 Å². The van der Waals surface area contributed by atoms with Crippen LogP contribution < -0.4 is 9.47 Å². The Labute approximate surface area is 268 Å². The van der Waals surface area contributed by atoms with Gasteiger partial charge in [0.05, 0.1) is 36.8 Å². The van der Waals surface area contributed by atoms with E-state index < -0.39 is 34.8 Å². The number of non-ortho nitro benzene ring substituents is 1. The molecule has 1 aliphatic heterocycles. The molecule has 1 atom stereocenters. The number of nitrogens with zero attached hydrogens (tertiary/aromatic N) is 3. The highest BCUT2D eigenvalue weighted by molar-refractivity contribution is 5.89. The summed E-state index contributed by atoms with van der Waals surface area (Å²) in [6.45, 7) is 1.42. The maximum atomic E-state index is 15.0. The summed E-state index contributed by atoms with van der Waals surface area (Å²) < 4.78 is 62.8. The molecule has 0 radical (unpaired) electrons. The van der Waals surface area contributed by atoms with Gasteiger partial charge in [0.2, 0.25) is 5.60 Å². The summed E-state index contributed by atoms with van der Waals surface area (Å²) in [6.07, 6.45) is -0.810. The van der Waals surface area contributed by atoms with Crippen molar-refractivity contribution < 1.29 is 42.2 Å². The van der Waals surface area contributed by atoms with Crippen molar-refractivity contribution in [3.63, 3.8) is 0 Å². The number of aliphatic hydroxyl groups is 1. The molecule has 0 bridgehead atoms. The topological polar surface area (TPSA) is 116 Å². The number of hydrogen-bond donors (Lipinski definition) is 1. The van der Waals surface area contributed by atoms with Crippen LogP contribution in [0.2, 0.25) is 0 Å². The number of benzene rings is 3. The molecule has 1 aromatic heterocycles. The zero-order chi connectivity index (χ0) is 33.9. The number of nitro benzene ring substituents is 1. The quantitative estimate of drug-likeness (QED) is 0.0908. The molecule has 13 heteroatoms. The Bertz CT molecular complexity index is 1820. The van der Waals surface area contributed by atoms with Gasteiger partial charge in [0.1, 0.15) is 11.5 Å². The molecule has 0 spiro atoms. The smallest absolute Gasteiger partial charge is 0.422 e. The maximum Gasteiger partial charge on any atom is 0.422 e. The number of fused-ring (bicyclic) bond motifs is 2. The number of aromatic nitrogens is 1. The average molecular weight is 654 g/mol. The Morgan fingerprint density at radius 1 is 1.11 bits per heavy atom. The van der Waals surface area contributed by atoms with Gasteiger partial charge in [-0.15, -0.1) is 0 Å². The van der Waals surface area contributed by atoms with Crippen LogP contribution in [0.4, 0.5) is 18.9 Å². The van der Waals surface area contributed by atoms with Gasteiger partial charge in [-0.05, 0) is 42.7 Å². The Morgan fingerprint density at radius 2 is 1.85 bits per heavy atom. The highest BCUT2D eigenvalue weighted by Crippen LogP contribution is 2.45. The second-order valence-electron chi connectivity index (χ2n) is 11.2. The van der Waals surface area contributed by atoms with Crippen LogP contribution in [0.3, 0.4) is 0 Å². The minimum atomic E-state index is -5.10. The summed E-state index contributed by atoms with van der Waals surface area (Å²) in [5.74, 6) is 0.225. The van der Waals surface area contributed by atoms with Crippen LogP contribution in [-0.4, -0.2) is 65.6 Å². The standard InChI is InChI=1S/C34H34F3N3O7/c1-4-47-31(41)13-12-27-30(45-2)16-23-19-38(15-14-25(23)32(27)46-3)21-33(42,34(35,36)37)28-20-39(18-22-8-6-5-7-9-22)29-17-24(40(43)44)10-11-26(28)29/h5-13,16-17,20,42H,4,14-15,18-19,21H2,1-3H3/b13-12+. The van der Waals surface area contributed by atoms with Crippen LogP contribution in [0.15, 0.2) is 66.9 Å². The minimum absolute atomic E-state index is 0.0381. The molecule has 248 valence electrons. The van der Waals surface area contributed by atoms with Crippen LogP contribution in [0.5, 0.6) is 11.5 Å². The van der Waals surface area contributed by atoms with Crippen molar-refractivity contribution in [2.45, 2.75) is 38.2 Å². The fourth-order valence-corrected chi connectivity index (χ4v) is 6.07. The number of rotatable bonds is 11. The van der Waals surface area contributed by atoms with E-state index in [-0.39, 0.29) is 42.8 Å². The van der Waals surface area contributed by atoms with Crippen molar-refractivity contribution in [2.75, 3.05) is 33.9 Å². The van der Waals surface area contributed by atoms with Crippen LogP contribution in [0, 0.1) is 10.1 Å². The number of halogens is 3. The third-order valence-electron chi connectivity index (χ3n) is 8.29. The lowest BCUT2D eigenvalue weighted by Crippen LogP contribution is -2.52. The van der Waals surface area contributed by atoms with Gasteiger partial charge in [0.25, 0.3) is 5.69 Å². The molecular weight excluding hydrogens is 619 g/mol. The highest BCUT2D eigenvalue weighted by Gasteiger charge is 2.57. The van der Waals surface area contributed by atoms with Crippen molar-refractivity contribution in [3.8, 4) is 11.5 Å². The number of esters is 1. The van der Waals surface area contributed by atoms with Gasteiger partial charge in [-0.3, -0.25) is 15.0 Å². The molecule has 1 aliphatic rings. The monoisotopic (exact) mass is 653 g/mol. The van der Waals surface area contributed by atoms with Crippen molar-refractivity contribution in [1.29, 1.82) is 0 Å². The minimum Gasteiger partial charge on any atom is -0.496 e. The van der Waals surface area contributed by atoms with Gasteiger partial charge in [0, 0.05) is 67.1 Å². The number of hydrogen-bond acceptors (Lipinski definition) is 8. The highest BCUT2D eigenvalue weighted by atomic mass is 19.4. The van der Waals surface area contributed by atoms with Crippen molar-refractivity contribution in [3.05, 3.63) is 105 Å². The molecule has 1 N–H and O–H groups in total. The predicted molar refractivity (Wildman–Crippen MR) is 168 cm³/mol. The van der Waals surface area contributed by atoms with Crippen LogP contribution in [0.25, 0.3) is 17.0 Å². The molecule has 0 aliphatic carbocycles. The first kappa shape index (κ1) is 33.5. The molecule has 3 aromatic carbocycles.